The van der Waals surface area contributed by atoms with Gasteiger partial charge < -0.3 is 14.2 Å². The first-order chi connectivity index (χ1) is 31.5. The lowest BCUT2D eigenvalue weighted by Crippen LogP contribution is -2.30. The maximum absolute atomic E-state index is 12.8. The van der Waals surface area contributed by atoms with Gasteiger partial charge in [-0.1, -0.05) is 214 Å². The average Bonchev–Trinajstić information content (AvgIpc) is 3.29. The second kappa shape index (κ2) is 52.0. The molecule has 1 atom stereocenters. The number of hydrogen-bond donors (Lipinski definition) is 0. The summed E-state index contributed by atoms with van der Waals surface area (Å²) in [5.41, 5.74) is 0. The molecule has 0 spiro atoms. The topological polar surface area (TPSA) is 78.9 Å². The van der Waals surface area contributed by atoms with Gasteiger partial charge in [0.1, 0.15) is 13.2 Å². The molecule has 364 valence electrons. The van der Waals surface area contributed by atoms with E-state index in [-0.39, 0.29) is 37.5 Å². The second-order valence-corrected chi connectivity index (χ2v) is 17.0. The van der Waals surface area contributed by atoms with E-state index in [0.717, 1.165) is 116 Å². The van der Waals surface area contributed by atoms with E-state index in [1.165, 1.54) is 70.6 Å². The highest BCUT2D eigenvalue weighted by Crippen LogP contribution is 2.14. The fraction of sp³-hybridized carbons (Fsp3) is 0.672. The van der Waals surface area contributed by atoms with Crippen LogP contribution in [0.3, 0.4) is 0 Å². The number of hydrogen-bond acceptors (Lipinski definition) is 6. The SMILES string of the molecule is CC/C=C\C/C=C\C/C=C\C/C=C\CCCCCCC(=O)OCC(COC(=O)CCCCCCCCCCCCCCCC)OC(=O)CCCC/C=C\C/C=C\C/C=C\C/C=C\CC. The molecule has 0 fully saturated rings. The van der Waals surface area contributed by atoms with E-state index in [2.05, 4.69) is 118 Å². The van der Waals surface area contributed by atoms with Gasteiger partial charge in [-0.25, -0.2) is 0 Å². The largest absolute Gasteiger partial charge is 0.462 e. The molecule has 0 bridgehead atoms. The summed E-state index contributed by atoms with van der Waals surface area (Å²) in [6, 6.07) is 0. The standard InChI is InChI=1S/C58H96O6/c1-4-7-10-13-16-19-22-25-28-29-31-33-36-39-42-45-48-51-57(60)63-54-55(53-62-56(59)50-47-44-41-38-35-32-27-24-21-18-15-12-9-6-3)64-58(61)52-49-46-43-40-37-34-30-26-23-20-17-14-11-8-5-2/h7-8,10-11,16-17,19-20,25-26,28,30-31,33,37,40,55H,4-6,9,12-15,18,21-24,27,29,32,34-36,38-39,41-54H2,1-3H3/b10-7-,11-8-,19-16-,20-17-,28-25-,30-26-,33-31-,40-37-. The third-order valence-corrected chi connectivity index (χ3v) is 10.8. The Labute approximate surface area is 394 Å². The van der Waals surface area contributed by atoms with E-state index in [1.54, 1.807) is 0 Å². The zero-order valence-electron chi connectivity index (χ0n) is 41.5. The third kappa shape index (κ3) is 49.3. The van der Waals surface area contributed by atoms with Gasteiger partial charge in [-0.3, -0.25) is 14.4 Å². The van der Waals surface area contributed by atoms with Gasteiger partial charge in [0.15, 0.2) is 6.10 Å². The Kier molecular flexibility index (Phi) is 49.0. The molecule has 1 unspecified atom stereocenters. The van der Waals surface area contributed by atoms with Crippen molar-refractivity contribution in [3.05, 3.63) is 97.2 Å². The monoisotopic (exact) mass is 889 g/mol. The smallest absolute Gasteiger partial charge is 0.306 e. The van der Waals surface area contributed by atoms with Crippen LogP contribution in [0, 0.1) is 0 Å². The first-order valence-electron chi connectivity index (χ1n) is 26.2. The summed E-state index contributed by atoms with van der Waals surface area (Å²) in [7, 11) is 0. The summed E-state index contributed by atoms with van der Waals surface area (Å²) >= 11 is 0. The van der Waals surface area contributed by atoms with E-state index in [0.29, 0.717) is 19.3 Å². The number of unbranched alkanes of at least 4 members (excludes halogenated alkanes) is 19. The first kappa shape index (κ1) is 60.3. The highest BCUT2D eigenvalue weighted by Gasteiger charge is 2.19. The van der Waals surface area contributed by atoms with Crippen LogP contribution in [0.15, 0.2) is 97.2 Å². The van der Waals surface area contributed by atoms with Gasteiger partial charge in [0.05, 0.1) is 0 Å². The fourth-order valence-electron chi connectivity index (χ4n) is 6.95. The molecule has 0 aliphatic carbocycles. The van der Waals surface area contributed by atoms with Crippen molar-refractivity contribution in [2.75, 3.05) is 13.2 Å². The summed E-state index contributed by atoms with van der Waals surface area (Å²) in [6.07, 6.45) is 68.2. The molecule has 0 aromatic rings. The lowest BCUT2D eigenvalue weighted by Gasteiger charge is -2.18. The Morgan fingerprint density at radius 3 is 0.984 bits per heavy atom. The highest BCUT2D eigenvalue weighted by molar-refractivity contribution is 5.71. The summed E-state index contributed by atoms with van der Waals surface area (Å²) in [6.45, 7) is 6.35. The molecule has 0 aromatic carbocycles. The van der Waals surface area contributed by atoms with Crippen molar-refractivity contribution in [3.63, 3.8) is 0 Å². The molecule has 0 aliphatic heterocycles. The summed E-state index contributed by atoms with van der Waals surface area (Å²) in [4.78, 5) is 38.0. The van der Waals surface area contributed by atoms with Crippen LogP contribution in [0.25, 0.3) is 0 Å². The van der Waals surface area contributed by atoms with Crippen LogP contribution < -0.4 is 0 Å². The van der Waals surface area contributed by atoms with E-state index in [4.69, 9.17) is 14.2 Å². The van der Waals surface area contributed by atoms with Crippen LogP contribution in [-0.4, -0.2) is 37.2 Å². The molecule has 0 saturated heterocycles. The zero-order chi connectivity index (χ0) is 46.5. The van der Waals surface area contributed by atoms with Crippen LogP contribution >= 0.6 is 0 Å². The minimum Gasteiger partial charge on any atom is -0.462 e. The number of esters is 3. The van der Waals surface area contributed by atoms with Crippen LogP contribution in [-0.2, 0) is 28.6 Å². The quantitative estimate of drug-likeness (QED) is 0.0262. The molecule has 0 heterocycles. The molecule has 64 heavy (non-hydrogen) atoms. The van der Waals surface area contributed by atoms with E-state index in [9.17, 15) is 14.4 Å². The lowest BCUT2D eigenvalue weighted by molar-refractivity contribution is -0.167. The maximum Gasteiger partial charge on any atom is 0.306 e. The Balaban J connectivity index is 4.50. The van der Waals surface area contributed by atoms with Gasteiger partial charge in [-0.15, -0.1) is 0 Å². The van der Waals surface area contributed by atoms with Crippen molar-refractivity contribution in [1.82, 2.24) is 0 Å². The van der Waals surface area contributed by atoms with Crippen LogP contribution in [0.2, 0.25) is 0 Å². The normalized spacial score (nSPS) is 12.9. The summed E-state index contributed by atoms with van der Waals surface area (Å²) in [5, 5.41) is 0. The number of rotatable bonds is 46. The minimum atomic E-state index is -0.808. The van der Waals surface area contributed by atoms with E-state index >= 15 is 0 Å². The molecule has 6 nitrogen and oxygen atoms in total. The van der Waals surface area contributed by atoms with Crippen molar-refractivity contribution in [3.8, 4) is 0 Å². The Bertz CT molecular complexity index is 1300. The number of ether oxygens (including phenoxy) is 3. The fourth-order valence-corrected chi connectivity index (χ4v) is 6.95. The number of carbonyl (C=O) groups is 3. The molecule has 6 heteroatoms. The van der Waals surface area contributed by atoms with Crippen LogP contribution in [0.5, 0.6) is 0 Å². The van der Waals surface area contributed by atoms with Crippen molar-refractivity contribution < 1.29 is 28.6 Å². The molecule has 0 rings (SSSR count). The number of allylic oxidation sites excluding steroid dienone is 16. The maximum atomic E-state index is 12.8. The molecule has 0 N–H and O–H groups in total. The molecule has 0 aliphatic rings. The molecule has 0 aromatic heterocycles. The molecular formula is C58H96O6. The van der Waals surface area contributed by atoms with Gasteiger partial charge in [0.2, 0.25) is 0 Å². The van der Waals surface area contributed by atoms with Crippen LogP contribution in [0.4, 0.5) is 0 Å². The predicted molar refractivity (Wildman–Crippen MR) is 274 cm³/mol. The van der Waals surface area contributed by atoms with Gasteiger partial charge >= 0.3 is 17.9 Å². The number of carbonyl (C=O) groups excluding carboxylic acids is 3. The van der Waals surface area contributed by atoms with Crippen LogP contribution in [0.1, 0.15) is 233 Å². The van der Waals surface area contributed by atoms with Gasteiger partial charge in [-0.2, -0.15) is 0 Å². The van der Waals surface area contributed by atoms with Gasteiger partial charge in [0.25, 0.3) is 0 Å². The predicted octanol–water partition coefficient (Wildman–Crippen LogP) is 17.4. The van der Waals surface area contributed by atoms with E-state index < -0.39 is 6.10 Å². The average molecular weight is 889 g/mol. The van der Waals surface area contributed by atoms with Crippen molar-refractivity contribution >= 4 is 17.9 Å². The minimum absolute atomic E-state index is 0.101. The van der Waals surface area contributed by atoms with Gasteiger partial charge in [-0.05, 0) is 96.3 Å². The van der Waals surface area contributed by atoms with Crippen molar-refractivity contribution in [2.24, 2.45) is 0 Å². The third-order valence-electron chi connectivity index (χ3n) is 10.8. The first-order valence-corrected chi connectivity index (χ1v) is 26.2. The highest BCUT2D eigenvalue weighted by atomic mass is 16.6. The Morgan fingerprint density at radius 1 is 0.328 bits per heavy atom. The second-order valence-electron chi connectivity index (χ2n) is 17.0. The Hall–Kier alpha value is -3.67. The van der Waals surface area contributed by atoms with E-state index in [1.807, 2.05) is 0 Å². The Morgan fingerprint density at radius 2 is 0.609 bits per heavy atom. The van der Waals surface area contributed by atoms with Crippen molar-refractivity contribution in [2.45, 2.75) is 239 Å². The molecule has 0 radical (unpaired) electrons. The molecule has 0 saturated carbocycles. The summed E-state index contributed by atoms with van der Waals surface area (Å²) < 4.78 is 16.8. The molecule has 0 amide bonds. The zero-order valence-corrected chi connectivity index (χ0v) is 41.5. The summed E-state index contributed by atoms with van der Waals surface area (Å²) in [5.74, 6) is -0.969. The van der Waals surface area contributed by atoms with Crippen molar-refractivity contribution in [1.29, 1.82) is 0 Å². The lowest BCUT2D eigenvalue weighted by atomic mass is 10.0. The van der Waals surface area contributed by atoms with Gasteiger partial charge in [0, 0.05) is 19.3 Å². The molecular weight excluding hydrogens is 793 g/mol.